The summed E-state index contributed by atoms with van der Waals surface area (Å²) >= 11 is 25.0. The van der Waals surface area contributed by atoms with E-state index in [1.165, 1.54) is 12.4 Å². The molecule has 0 aliphatic carbocycles. The van der Waals surface area contributed by atoms with Crippen LogP contribution in [-0.4, -0.2) is 17.1 Å². The van der Waals surface area contributed by atoms with Gasteiger partial charge in [0.15, 0.2) is 0 Å². The number of ether oxygens (including phenoxy) is 1. The van der Waals surface area contributed by atoms with Crippen molar-refractivity contribution >= 4 is 78.8 Å². The standard InChI is InChI=1S/C20H12Br2Cl3N3O2/c21-15-6-11(9-27-28-20(29)14-2-1-5-26-19(14)25)7-16(22)18(15)30-10-12-3-4-13(23)8-17(12)24/h1-9H,10H2,(H,28,29). The van der Waals surface area contributed by atoms with Gasteiger partial charge in [-0.25, -0.2) is 10.4 Å². The Hall–Kier alpha value is -1.64. The summed E-state index contributed by atoms with van der Waals surface area (Å²) in [7, 11) is 0. The zero-order valence-electron chi connectivity index (χ0n) is 15.0. The number of nitrogens with one attached hydrogen (secondary N) is 1. The first kappa shape index (κ1) is 23.0. The van der Waals surface area contributed by atoms with Crippen molar-refractivity contribution in [2.24, 2.45) is 5.10 Å². The van der Waals surface area contributed by atoms with Crippen molar-refractivity contribution in [3.05, 3.63) is 89.5 Å². The third-order valence-corrected chi connectivity index (χ3v) is 5.86. The molecule has 0 fully saturated rings. The van der Waals surface area contributed by atoms with Crippen LogP contribution in [0.4, 0.5) is 0 Å². The van der Waals surface area contributed by atoms with Crippen molar-refractivity contribution in [3.8, 4) is 5.75 Å². The molecule has 1 heterocycles. The Labute approximate surface area is 204 Å². The minimum Gasteiger partial charge on any atom is -0.486 e. The number of carbonyl (C=O) groups excluding carboxylic acids is 1. The van der Waals surface area contributed by atoms with Gasteiger partial charge >= 0.3 is 0 Å². The lowest BCUT2D eigenvalue weighted by Gasteiger charge is -2.12. The molecule has 30 heavy (non-hydrogen) atoms. The highest BCUT2D eigenvalue weighted by Crippen LogP contribution is 2.35. The van der Waals surface area contributed by atoms with E-state index in [2.05, 4.69) is 47.4 Å². The fourth-order valence-corrected chi connectivity index (χ4v) is 4.48. The van der Waals surface area contributed by atoms with Crippen molar-refractivity contribution in [3.63, 3.8) is 0 Å². The number of hydrogen-bond acceptors (Lipinski definition) is 4. The molecule has 1 N–H and O–H groups in total. The van der Waals surface area contributed by atoms with Gasteiger partial charge in [0.1, 0.15) is 17.5 Å². The van der Waals surface area contributed by atoms with Crippen LogP contribution in [0, 0.1) is 0 Å². The number of amides is 1. The van der Waals surface area contributed by atoms with Crippen LogP contribution < -0.4 is 10.2 Å². The van der Waals surface area contributed by atoms with Gasteiger partial charge in [-0.2, -0.15) is 5.10 Å². The molecule has 1 amide bonds. The Morgan fingerprint density at radius 2 is 1.87 bits per heavy atom. The summed E-state index contributed by atoms with van der Waals surface area (Å²) in [5, 5.41) is 5.16. The molecule has 0 bridgehead atoms. The van der Waals surface area contributed by atoms with Gasteiger partial charge in [0.25, 0.3) is 5.91 Å². The van der Waals surface area contributed by atoms with Crippen molar-refractivity contribution in [2.45, 2.75) is 6.61 Å². The van der Waals surface area contributed by atoms with Crippen LogP contribution in [0.5, 0.6) is 5.75 Å². The second kappa shape index (κ2) is 10.6. The van der Waals surface area contributed by atoms with Crippen LogP contribution in [0.3, 0.4) is 0 Å². The van der Waals surface area contributed by atoms with Gasteiger partial charge in [-0.1, -0.05) is 40.9 Å². The predicted octanol–water partition coefficient (Wildman–Crippen LogP) is 6.91. The zero-order valence-corrected chi connectivity index (χ0v) is 20.4. The predicted molar refractivity (Wildman–Crippen MR) is 127 cm³/mol. The van der Waals surface area contributed by atoms with Gasteiger partial charge in [-0.3, -0.25) is 4.79 Å². The van der Waals surface area contributed by atoms with Gasteiger partial charge in [0.05, 0.1) is 20.7 Å². The van der Waals surface area contributed by atoms with Crippen LogP contribution in [0.25, 0.3) is 0 Å². The molecular formula is C20H12Br2Cl3N3O2. The Morgan fingerprint density at radius 3 is 2.53 bits per heavy atom. The number of aromatic nitrogens is 1. The summed E-state index contributed by atoms with van der Waals surface area (Å²) in [5.41, 5.74) is 4.19. The highest BCUT2D eigenvalue weighted by molar-refractivity contribution is 9.11. The lowest BCUT2D eigenvalue weighted by Crippen LogP contribution is -2.18. The molecule has 0 radical (unpaired) electrons. The maximum Gasteiger partial charge on any atom is 0.274 e. The molecule has 5 nitrogen and oxygen atoms in total. The minimum absolute atomic E-state index is 0.109. The van der Waals surface area contributed by atoms with Crippen molar-refractivity contribution in [1.82, 2.24) is 10.4 Å². The van der Waals surface area contributed by atoms with E-state index in [-0.39, 0.29) is 17.3 Å². The number of halogens is 5. The van der Waals surface area contributed by atoms with Crippen LogP contribution in [0.15, 0.2) is 62.7 Å². The van der Waals surface area contributed by atoms with E-state index in [4.69, 9.17) is 39.5 Å². The normalized spacial score (nSPS) is 11.0. The molecule has 154 valence electrons. The molecule has 3 rings (SSSR count). The first-order valence-electron chi connectivity index (χ1n) is 8.35. The molecule has 1 aromatic heterocycles. The van der Waals surface area contributed by atoms with Gasteiger partial charge in [-0.05, 0) is 73.8 Å². The SMILES string of the molecule is O=C(NN=Cc1cc(Br)c(OCc2ccc(Cl)cc2Cl)c(Br)c1)c1cccnc1Cl. The summed E-state index contributed by atoms with van der Waals surface area (Å²) in [4.78, 5) is 16.0. The quantitative estimate of drug-likeness (QED) is 0.192. The molecule has 0 aliphatic heterocycles. The second-order valence-corrected chi connectivity index (χ2v) is 8.79. The van der Waals surface area contributed by atoms with Crippen molar-refractivity contribution in [2.75, 3.05) is 0 Å². The van der Waals surface area contributed by atoms with E-state index in [9.17, 15) is 4.79 Å². The fraction of sp³-hybridized carbons (Fsp3) is 0.0500. The molecule has 0 atom stereocenters. The van der Waals surface area contributed by atoms with E-state index in [0.29, 0.717) is 24.7 Å². The third kappa shape index (κ3) is 5.95. The molecule has 3 aromatic rings. The number of rotatable bonds is 6. The molecule has 0 unspecified atom stereocenters. The molecule has 0 aliphatic rings. The van der Waals surface area contributed by atoms with Crippen molar-refractivity contribution < 1.29 is 9.53 Å². The molecule has 0 saturated carbocycles. The monoisotopic (exact) mass is 589 g/mol. The topological polar surface area (TPSA) is 63.6 Å². The number of benzene rings is 2. The maximum absolute atomic E-state index is 12.1. The summed E-state index contributed by atoms with van der Waals surface area (Å²) in [6, 6.07) is 12.0. The first-order chi connectivity index (χ1) is 14.3. The molecular weight excluding hydrogens is 580 g/mol. The lowest BCUT2D eigenvalue weighted by atomic mass is 10.2. The highest BCUT2D eigenvalue weighted by Gasteiger charge is 2.11. The van der Waals surface area contributed by atoms with E-state index in [0.717, 1.165) is 11.1 Å². The lowest BCUT2D eigenvalue weighted by molar-refractivity contribution is 0.0955. The Balaban J connectivity index is 1.67. The van der Waals surface area contributed by atoms with Gasteiger partial charge in [-0.15, -0.1) is 0 Å². The fourth-order valence-electron chi connectivity index (χ4n) is 2.36. The van der Waals surface area contributed by atoms with E-state index >= 15 is 0 Å². The molecule has 0 saturated heterocycles. The van der Waals surface area contributed by atoms with Crippen LogP contribution >= 0.6 is 66.7 Å². The van der Waals surface area contributed by atoms with Gasteiger partial charge in [0, 0.05) is 21.8 Å². The Kier molecular flexibility index (Phi) is 8.13. The zero-order chi connectivity index (χ0) is 21.7. The van der Waals surface area contributed by atoms with Gasteiger partial charge in [0.2, 0.25) is 0 Å². The molecule has 2 aromatic carbocycles. The number of hydrogen-bond donors (Lipinski definition) is 1. The molecule has 10 heteroatoms. The van der Waals surface area contributed by atoms with Crippen LogP contribution in [0.1, 0.15) is 21.5 Å². The smallest absolute Gasteiger partial charge is 0.274 e. The van der Waals surface area contributed by atoms with Gasteiger partial charge < -0.3 is 4.74 Å². The van der Waals surface area contributed by atoms with Crippen LogP contribution in [-0.2, 0) is 6.61 Å². The average molecular weight is 593 g/mol. The molecule has 0 spiro atoms. The number of hydrazone groups is 1. The van der Waals surface area contributed by atoms with Crippen molar-refractivity contribution in [1.29, 1.82) is 0 Å². The summed E-state index contributed by atoms with van der Waals surface area (Å²) in [6.07, 6.45) is 3.00. The third-order valence-electron chi connectivity index (χ3n) is 3.79. The summed E-state index contributed by atoms with van der Waals surface area (Å²) < 4.78 is 7.28. The number of carbonyl (C=O) groups is 1. The van der Waals surface area contributed by atoms with Crippen LogP contribution in [0.2, 0.25) is 15.2 Å². The minimum atomic E-state index is -0.456. The highest BCUT2D eigenvalue weighted by atomic mass is 79.9. The largest absolute Gasteiger partial charge is 0.486 e. The summed E-state index contributed by atoms with van der Waals surface area (Å²) in [5.74, 6) is 0.145. The second-order valence-electron chi connectivity index (χ2n) is 5.88. The number of pyridine rings is 1. The first-order valence-corrected chi connectivity index (χ1v) is 11.1. The number of nitrogens with zero attached hydrogens (tertiary/aromatic N) is 2. The van der Waals surface area contributed by atoms with E-state index in [1.54, 1.807) is 36.4 Å². The average Bonchev–Trinajstić information content (AvgIpc) is 2.69. The Bertz CT molecular complexity index is 1100. The van der Waals surface area contributed by atoms with E-state index < -0.39 is 5.91 Å². The Morgan fingerprint density at radius 1 is 1.13 bits per heavy atom. The summed E-state index contributed by atoms with van der Waals surface area (Å²) in [6.45, 7) is 0.266. The maximum atomic E-state index is 12.1. The van der Waals surface area contributed by atoms with E-state index in [1.807, 2.05) is 6.07 Å².